The SMILES string of the molecule is CCOC(=O)C(F)C(=O)N(C)c1ccc(OC)cc1. The van der Waals surface area contributed by atoms with Crippen molar-refractivity contribution < 1.29 is 23.5 Å². The van der Waals surface area contributed by atoms with Crippen molar-refractivity contribution in [2.24, 2.45) is 0 Å². The first-order valence-corrected chi connectivity index (χ1v) is 5.73. The van der Waals surface area contributed by atoms with Crippen molar-refractivity contribution in [2.45, 2.75) is 13.1 Å². The minimum atomic E-state index is -2.31. The molecule has 0 spiro atoms. The van der Waals surface area contributed by atoms with Crippen LogP contribution in [0.1, 0.15) is 6.92 Å². The van der Waals surface area contributed by atoms with Crippen molar-refractivity contribution >= 4 is 17.6 Å². The predicted octanol–water partition coefficient (Wildman–Crippen LogP) is 1.56. The zero-order chi connectivity index (χ0) is 14.4. The average Bonchev–Trinajstić information content (AvgIpc) is 2.45. The van der Waals surface area contributed by atoms with E-state index in [0.29, 0.717) is 11.4 Å². The Bertz CT molecular complexity index is 446. The number of alkyl halides is 1. The number of carbonyl (C=O) groups excluding carboxylic acids is 2. The highest BCUT2D eigenvalue weighted by atomic mass is 19.1. The Morgan fingerprint density at radius 2 is 1.89 bits per heavy atom. The average molecular weight is 269 g/mol. The topological polar surface area (TPSA) is 55.8 Å². The number of halogens is 1. The lowest BCUT2D eigenvalue weighted by Gasteiger charge is -2.19. The minimum absolute atomic E-state index is 0.0266. The molecule has 1 atom stereocenters. The predicted molar refractivity (Wildman–Crippen MR) is 67.9 cm³/mol. The second-order valence-corrected chi connectivity index (χ2v) is 3.71. The van der Waals surface area contributed by atoms with Gasteiger partial charge in [0, 0.05) is 12.7 Å². The van der Waals surface area contributed by atoms with Crippen LogP contribution in [0.15, 0.2) is 24.3 Å². The van der Waals surface area contributed by atoms with Gasteiger partial charge in [-0.3, -0.25) is 4.79 Å². The van der Waals surface area contributed by atoms with E-state index >= 15 is 0 Å². The summed E-state index contributed by atoms with van der Waals surface area (Å²) in [4.78, 5) is 23.9. The number of anilines is 1. The maximum Gasteiger partial charge on any atom is 0.350 e. The number of hydrogen-bond acceptors (Lipinski definition) is 4. The molecule has 0 N–H and O–H groups in total. The molecule has 0 saturated carbocycles. The van der Waals surface area contributed by atoms with E-state index in [1.165, 1.54) is 14.2 Å². The molecule has 0 aliphatic rings. The first kappa shape index (κ1) is 14.9. The first-order chi connectivity index (χ1) is 9.01. The molecule has 1 aromatic carbocycles. The molecule has 0 saturated heterocycles. The Labute approximate surface area is 110 Å². The van der Waals surface area contributed by atoms with Gasteiger partial charge in [-0.2, -0.15) is 0 Å². The van der Waals surface area contributed by atoms with E-state index in [0.717, 1.165) is 4.90 Å². The lowest BCUT2D eigenvalue weighted by atomic mass is 10.2. The van der Waals surface area contributed by atoms with Gasteiger partial charge in [0.05, 0.1) is 13.7 Å². The number of rotatable bonds is 5. The minimum Gasteiger partial charge on any atom is -0.497 e. The molecule has 0 radical (unpaired) electrons. The van der Waals surface area contributed by atoms with E-state index in [4.69, 9.17) is 4.74 Å². The summed E-state index contributed by atoms with van der Waals surface area (Å²) in [5.41, 5.74) is 0.456. The van der Waals surface area contributed by atoms with E-state index in [-0.39, 0.29) is 6.61 Å². The van der Waals surface area contributed by atoms with Crippen LogP contribution in [0, 0.1) is 0 Å². The zero-order valence-electron chi connectivity index (χ0n) is 11.1. The van der Waals surface area contributed by atoms with Crippen molar-refractivity contribution in [1.82, 2.24) is 0 Å². The molecule has 0 aliphatic carbocycles. The third-order valence-corrected chi connectivity index (χ3v) is 2.50. The number of esters is 1. The molecule has 19 heavy (non-hydrogen) atoms. The van der Waals surface area contributed by atoms with Gasteiger partial charge in [-0.05, 0) is 31.2 Å². The van der Waals surface area contributed by atoms with Gasteiger partial charge < -0.3 is 14.4 Å². The summed E-state index contributed by atoms with van der Waals surface area (Å²) in [7, 11) is 2.90. The summed E-state index contributed by atoms with van der Waals surface area (Å²) in [5.74, 6) is -1.52. The highest BCUT2D eigenvalue weighted by Crippen LogP contribution is 2.19. The maximum atomic E-state index is 13.6. The van der Waals surface area contributed by atoms with Crippen LogP contribution in [0.2, 0.25) is 0 Å². The molecule has 0 aliphatic heterocycles. The Balaban J connectivity index is 2.77. The van der Waals surface area contributed by atoms with Crippen LogP contribution in [-0.2, 0) is 14.3 Å². The molecule has 1 rings (SSSR count). The fraction of sp³-hybridized carbons (Fsp3) is 0.385. The monoisotopic (exact) mass is 269 g/mol. The summed E-state index contributed by atoms with van der Waals surface area (Å²) < 4.78 is 23.0. The van der Waals surface area contributed by atoms with Crippen molar-refractivity contribution in [3.8, 4) is 5.75 Å². The molecular formula is C13H16FNO4. The second kappa shape index (κ2) is 6.72. The Morgan fingerprint density at radius 1 is 1.32 bits per heavy atom. The number of carbonyl (C=O) groups is 2. The summed E-state index contributed by atoms with van der Waals surface area (Å²) in [6.45, 7) is 1.57. The lowest BCUT2D eigenvalue weighted by Crippen LogP contribution is -2.39. The van der Waals surface area contributed by atoms with E-state index in [1.807, 2.05) is 0 Å². The smallest absolute Gasteiger partial charge is 0.350 e. The second-order valence-electron chi connectivity index (χ2n) is 3.71. The number of benzene rings is 1. The fourth-order valence-electron chi connectivity index (χ4n) is 1.42. The Hall–Kier alpha value is -2.11. The molecule has 0 fully saturated rings. The van der Waals surface area contributed by atoms with Crippen molar-refractivity contribution in [3.63, 3.8) is 0 Å². The number of amides is 1. The van der Waals surface area contributed by atoms with Crippen LogP contribution in [0.3, 0.4) is 0 Å². The van der Waals surface area contributed by atoms with Crippen molar-refractivity contribution in [1.29, 1.82) is 0 Å². The zero-order valence-corrected chi connectivity index (χ0v) is 11.1. The maximum absolute atomic E-state index is 13.6. The van der Waals surface area contributed by atoms with E-state index in [2.05, 4.69) is 4.74 Å². The first-order valence-electron chi connectivity index (χ1n) is 5.73. The van der Waals surface area contributed by atoms with Crippen LogP contribution < -0.4 is 9.64 Å². The van der Waals surface area contributed by atoms with Crippen molar-refractivity contribution in [2.75, 3.05) is 25.7 Å². The summed E-state index contributed by atoms with van der Waals surface area (Å²) >= 11 is 0. The largest absolute Gasteiger partial charge is 0.497 e. The van der Waals surface area contributed by atoms with Gasteiger partial charge in [-0.15, -0.1) is 0 Å². The number of nitrogens with zero attached hydrogens (tertiary/aromatic N) is 1. The highest BCUT2D eigenvalue weighted by Gasteiger charge is 2.30. The van der Waals surface area contributed by atoms with Gasteiger partial charge in [-0.25, -0.2) is 9.18 Å². The number of hydrogen-bond donors (Lipinski definition) is 0. The fourth-order valence-corrected chi connectivity index (χ4v) is 1.42. The third-order valence-electron chi connectivity index (χ3n) is 2.50. The van der Waals surface area contributed by atoms with Crippen molar-refractivity contribution in [3.05, 3.63) is 24.3 Å². The quantitative estimate of drug-likeness (QED) is 0.601. The van der Waals surface area contributed by atoms with E-state index in [9.17, 15) is 14.0 Å². The highest BCUT2D eigenvalue weighted by molar-refractivity contribution is 6.08. The Morgan fingerprint density at radius 3 is 2.37 bits per heavy atom. The molecule has 0 heterocycles. The summed E-state index contributed by atoms with van der Waals surface area (Å²) in [6, 6.07) is 6.46. The van der Waals surface area contributed by atoms with Gasteiger partial charge in [-0.1, -0.05) is 0 Å². The van der Waals surface area contributed by atoms with Crippen LogP contribution in [0.25, 0.3) is 0 Å². The number of methoxy groups -OCH3 is 1. The molecule has 6 heteroatoms. The summed E-state index contributed by atoms with van der Waals surface area (Å²) in [5, 5.41) is 0. The molecule has 1 amide bonds. The molecular weight excluding hydrogens is 253 g/mol. The third kappa shape index (κ3) is 3.67. The van der Waals surface area contributed by atoms with Crippen LogP contribution >= 0.6 is 0 Å². The number of ether oxygens (including phenoxy) is 2. The standard InChI is InChI=1S/C13H16FNO4/c1-4-19-13(17)11(14)12(16)15(2)9-5-7-10(18-3)8-6-9/h5-8,11H,4H2,1-3H3. The van der Waals surface area contributed by atoms with Crippen LogP contribution in [0.4, 0.5) is 10.1 Å². The normalized spacial score (nSPS) is 11.6. The van der Waals surface area contributed by atoms with Gasteiger partial charge >= 0.3 is 5.97 Å². The molecule has 0 aromatic heterocycles. The lowest BCUT2D eigenvalue weighted by molar-refractivity contribution is -0.152. The van der Waals surface area contributed by atoms with E-state index < -0.39 is 18.0 Å². The van der Waals surface area contributed by atoms with Crippen LogP contribution in [-0.4, -0.2) is 38.8 Å². The van der Waals surface area contributed by atoms with Gasteiger partial charge in [0.2, 0.25) is 0 Å². The molecule has 104 valence electrons. The van der Waals surface area contributed by atoms with E-state index in [1.54, 1.807) is 31.2 Å². The molecule has 1 unspecified atom stereocenters. The van der Waals surface area contributed by atoms with Crippen LogP contribution in [0.5, 0.6) is 5.75 Å². The Kier molecular flexibility index (Phi) is 5.29. The van der Waals surface area contributed by atoms with Gasteiger partial charge in [0.15, 0.2) is 0 Å². The molecule has 5 nitrogen and oxygen atoms in total. The van der Waals surface area contributed by atoms with Gasteiger partial charge in [0.25, 0.3) is 12.1 Å². The van der Waals surface area contributed by atoms with Gasteiger partial charge in [0.1, 0.15) is 5.75 Å². The molecule has 0 bridgehead atoms. The molecule has 1 aromatic rings. The summed E-state index contributed by atoms with van der Waals surface area (Å²) in [6.07, 6.45) is -2.31.